The van der Waals surface area contributed by atoms with Crippen LogP contribution >= 0.6 is 0 Å². The van der Waals surface area contributed by atoms with Crippen LogP contribution in [0.3, 0.4) is 0 Å². The Labute approximate surface area is 66.7 Å². The Kier molecular flexibility index (Phi) is 17.3. The molecule has 5 heavy (non-hydrogen) atoms. The zero-order valence-electron chi connectivity index (χ0n) is 3.20. The molecular weight excluding hydrogens is 190 g/mol. The molecule has 30 valence electrons. The van der Waals surface area contributed by atoms with E-state index in [-0.39, 0.29) is 41.7 Å². The molecule has 0 aliphatic rings. The normalized spacial score (nSPS) is 6.00. The van der Waals surface area contributed by atoms with Crippen molar-refractivity contribution in [3.05, 3.63) is 6.92 Å². The molecule has 0 fully saturated rings. The SMILES string of the molecule is [CH2-]CCN.[Ce]. The van der Waals surface area contributed by atoms with Gasteiger partial charge in [-0.05, 0) is 6.54 Å². The van der Waals surface area contributed by atoms with Crippen LogP contribution in [0, 0.1) is 48.7 Å². The Balaban J connectivity index is 0. The quantitative estimate of drug-likeness (QED) is 0.597. The molecule has 0 atom stereocenters. The second-order valence-electron chi connectivity index (χ2n) is 0.642. The Morgan fingerprint density at radius 1 is 1.60 bits per heavy atom. The molecule has 0 aliphatic heterocycles. The number of rotatable bonds is 1. The molecule has 0 aromatic rings. The second kappa shape index (κ2) is 9.01. The van der Waals surface area contributed by atoms with E-state index >= 15 is 0 Å². The zero-order valence-corrected chi connectivity index (χ0v) is 6.34. The average molecular weight is 198 g/mol. The van der Waals surface area contributed by atoms with Crippen molar-refractivity contribution in [3.63, 3.8) is 0 Å². The zero-order chi connectivity index (χ0) is 3.41. The third-order valence-corrected chi connectivity index (χ3v) is 0.204. The maximum absolute atomic E-state index is 4.97. The Hall–Kier alpha value is 1.34. The molecule has 2 N–H and O–H groups in total. The summed E-state index contributed by atoms with van der Waals surface area (Å²) in [6, 6.07) is 0. The average Bonchev–Trinajstić information content (AvgIpc) is 1.37. The maximum atomic E-state index is 4.97. The summed E-state index contributed by atoms with van der Waals surface area (Å²) in [6.45, 7) is 4.19. The fourth-order valence-corrected chi connectivity index (χ4v) is 0. The predicted octanol–water partition coefficient (Wildman–Crippen LogP) is 0.169. The van der Waals surface area contributed by atoms with Crippen LogP contribution in [0.1, 0.15) is 6.42 Å². The smallest absolute Gasteiger partial charge is 0 e. The summed E-state index contributed by atoms with van der Waals surface area (Å²) in [5, 5.41) is 0. The van der Waals surface area contributed by atoms with Crippen LogP contribution in [0.4, 0.5) is 0 Å². The van der Waals surface area contributed by atoms with Crippen LogP contribution in [0.5, 0.6) is 0 Å². The number of hydrogen-bond acceptors (Lipinski definition) is 1. The number of nitrogens with two attached hydrogens (primary N) is 1. The monoisotopic (exact) mass is 198 g/mol. The van der Waals surface area contributed by atoms with Gasteiger partial charge in [0.05, 0.1) is 0 Å². The molecular formula is C3H8CeN-. The van der Waals surface area contributed by atoms with Gasteiger partial charge in [-0.2, -0.15) is 6.42 Å². The van der Waals surface area contributed by atoms with Crippen LogP contribution in [0.15, 0.2) is 0 Å². The molecule has 0 saturated carbocycles. The molecule has 0 aromatic heterocycles. The van der Waals surface area contributed by atoms with Gasteiger partial charge in [0, 0.05) is 41.7 Å². The molecule has 0 rings (SSSR count). The number of hydrogen-bond donors (Lipinski definition) is 1. The standard InChI is InChI=1S/C3H8N.Ce/c1-2-3-4;/h1-4H2;/q-1;. The van der Waals surface area contributed by atoms with Crippen LogP contribution in [0.2, 0.25) is 0 Å². The molecule has 0 spiro atoms. The van der Waals surface area contributed by atoms with Crippen molar-refractivity contribution in [1.82, 2.24) is 0 Å². The maximum Gasteiger partial charge on any atom is 0 e. The summed E-state index contributed by atoms with van der Waals surface area (Å²) in [5.41, 5.74) is 4.97. The first-order valence-corrected chi connectivity index (χ1v) is 1.41. The van der Waals surface area contributed by atoms with E-state index in [0.717, 1.165) is 6.42 Å². The van der Waals surface area contributed by atoms with E-state index in [2.05, 4.69) is 6.92 Å². The van der Waals surface area contributed by atoms with Gasteiger partial charge in [0.15, 0.2) is 0 Å². The minimum atomic E-state index is 0. The van der Waals surface area contributed by atoms with Gasteiger partial charge in [-0.25, -0.2) is 0 Å². The third-order valence-electron chi connectivity index (χ3n) is 0.204. The van der Waals surface area contributed by atoms with E-state index in [0.29, 0.717) is 6.54 Å². The molecule has 0 aliphatic carbocycles. The van der Waals surface area contributed by atoms with Gasteiger partial charge in [-0.3, -0.25) is 0 Å². The van der Waals surface area contributed by atoms with E-state index in [9.17, 15) is 0 Å². The van der Waals surface area contributed by atoms with Gasteiger partial charge >= 0.3 is 0 Å². The fourth-order valence-electron chi connectivity index (χ4n) is 0. The van der Waals surface area contributed by atoms with E-state index in [1.807, 2.05) is 0 Å². The fraction of sp³-hybridized carbons (Fsp3) is 0.667. The van der Waals surface area contributed by atoms with E-state index in [4.69, 9.17) is 5.73 Å². The molecule has 0 amide bonds. The van der Waals surface area contributed by atoms with Crippen LogP contribution in [-0.2, 0) is 0 Å². The minimum Gasteiger partial charge on any atom is -0.342 e. The van der Waals surface area contributed by atoms with E-state index in [1.165, 1.54) is 0 Å². The molecule has 0 saturated heterocycles. The molecule has 0 aromatic carbocycles. The summed E-state index contributed by atoms with van der Waals surface area (Å²) in [4.78, 5) is 0. The first kappa shape index (κ1) is 9.60. The van der Waals surface area contributed by atoms with E-state index in [1.54, 1.807) is 0 Å². The summed E-state index contributed by atoms with van der Waals surface area (Å²) in [7, 11) is 0. The summed E-state index contributed by atoms with van der Waals surface area (Å²) < 4.78 is 0. The largest absolute Gasteiger partial charge is 0.342 e. The van der Waals surface area contributed by atoms with Crippen molar-refractivity contribution in [2.75, 3.05) is 6.54 Å². The summed E-state index contributed by atoms with van der Waals surface area (Å²) in [5.74, 6) is 0. The van der Waals surface area contributed by atoms with Crippen molar-refractivity contribution in [2.24, 2.45) is 5.73 Å². The van der Waals surface area contributed by atoms with Crippen molar-refractivity contribution in [1.29, 1.82) is 0 Å². The van der Waals surface area contributed by atoms with Gasteiger partial charge in [0.2, 0.25) is 0 Å². The van der Waals surface area contributed by atoms with Crippen LogP contribution < -0.4 is 5.73 Å². The van der Waals surface area contributed by atoms with Gasteiger partial charge in [-0.15, -0.1) is 0 Å². The Morgan fingerprint density at radius 2 is 1.80 bits per heavy atom. The topological polar surface area (TPSA) is 26.0 Å². The van der Waals surface area contributed by atoms with Crippen molar-refractivity contribution in [3.8, 4) is 0 Å². The van der Waals surface area contributed by atoms with Crippen molar-refractivity contribution >= 4 is 0 Å². The Bertz CT molecular complexity index is 8.85. The first-order chi connectivity index (χ1) is 1.91. The van der Waals surface area contributed by atoms with Gasteiger partial charge < -0.3 is 12.7 Å². The van der Waals surface area contributed by atoms with Gasteiger partial charge in [0.25, 0.3) is 0 Å². The van der Waals surface area contributed by atoms with Crippen molar-refractivity contribution in [2.45, 2.75) is 6.42 Å². The molecule has 0 heterocycles. The van der Waals surface area contributed by atoms with Gasteiger partial charge in [-0.1, -0.05) is 0 Å². The predicted molar refractivity (Wildman–Crippen MR) is 19.0 cm³/mol. The van der Waals surface area contributed by atoms with Crippen LogP contribution in [-0.4, -0.2) is 6.54 Å². The molecule has 0 unspecified atom stereocenters. The summed E-state index contributed by atoms with van der Waals surface area (Å²) >= 11 is 0. The van der Waals surface area contributed by atoms with E-state index < -0.39 is 0 Å². The third kappa shape index (κ3) is 10.9. The summed E-state index contributed by atoms with van der Waals surface area (Å²) in [6.07, 6.45) is 0.847. The molecule has 1 nitrogen and oxygen atoms in total. The minimum absolute atomic E-state index is 0. The molecule has 2 heteroatoms. The molecule has 0 bridgehead atoms. The second-order valence-corrected chi connectivity index (χ2v) is 0.642. The van der Waals surface area contributed by atoms with Crippen LogP contribution in [0.25, 0.3) is 0 Å². The van der Waals surface area contributed by atoms with Gasteiger partial charge in [0.1, 0.15) is 0 Å². The Morgan fingerprint density at radius 3 is 1.80 bits per heavy atom. The van der Waals surface area contributed by atoms with Crippen molar-refractivity contribution < 1.29 is 41.7 Å². The first-order valence-electron chi connectivity index (χ1n) is 1.41. The molecule has 0 radical (unpaired) electrons.